The van der Waals surface area contributed by atoms with Crippen molar-refractivity contribution < 1.29 is 13.5 Å². The first-order valence-corrected chi connectivity index (χ1v) is 15.5. The van der Waals surface area contributed by atoms with E-state index in [1.165, 1.54) is 20.3 Å². The van der Waals surface area contributed by atoms with Gasteiger partial charge in [0.05, 0.1) is 11.0 Å². The second-order valence-electron chi connectivity index (χ2n) is 10.6. The van der Waals surface area contributed by atoms with Gasteiger partial charge in [-0.3, -0.25) is 4.90 Å². The van der Waals surface area contributed by atoms with Gasteiger partial charge in [0.2, 0.25) is 0 Å². The molecule has 2 unspecified atom stereocenters. The van der Waals surface area contributed by atoms with Crippen LogP contribution in [0.25, 0.3) is 10.8 Å². The lowest BCUT2D eigenvalue weighted by Crippen LogP contribution is -2.51. The Morgan fingerprint density at radius 2 is 1.74 bits per heavy atom. The maximum atomic E-state index is 13.2. The number of aliphatic hydroxyl groups is 1. The van der Waals surface area contributed by atoms with Gasteiger partial charge in [-0.1, -0.05) is 60.7 Å². The minimum atomic E-state index is -3.67. The SMILES string of the molecule is CC(C)(Cc1ccc2ccccc2c1)NCC(O)C1CSCN1Cc1cccn1S(=O)(=O)c1ccccc1. The maximum absolute atomic E-state index is 13.2. The summed E-state index contributed by atoms with van der Waals surface area (Å²) < 4.78 is 27.8. The molecule has 38 heavy (non-hydrogen) atoms. The van der Waals surface area contributed by atoms with Crippen molar-refractivity contribution in [2.75, 3.05) is 18.2 Å². The molecule has 2 atom stereocenters. The fraction of sp³-hybridized carbons (Fsp3) is 0.333. The van der Waals surface area contributed by atoms with Crippen LogP contribution in [0.4, 0.5) is 0 Å². The van der Waals surface area contributed by atoms with Crippen molar-refractivity contribution >= 4 is 32.6 Å². The maximum Gasteiger partial charge on any atom is 0.267 e. The average Bonchev–Trinajstić information content (AvgIpc) is 3.58. The molecule has 1 fully saturated rings. The van der Waals surface area contributed by atoms with Crippen molar-refractivity contribution in [3.8, 4) is 0 Å². The molecule has 200 valence electrons. The molecular weight excluding hydrogens is 514 g/mol. The van der Waals surface area contributed by atoms with Gasteiger partial charge in [-0.05, 0) is 60.9 Å². The van der Waals surface area contributed by atoms with Crippen LogP contribution >= 0.6 is 11.8 Å². The molecule has 1 aliphatic heterocycles. The number of β-amino-alcohol motifs (C(OH)–C–C–N with tert-alkyl or cyclic N) is 1. The molecule has 2 N–H and O–H groups in total. The molecule has 0 amide bonds. The standard InChI is InChI=1S/C30H35N3O3S2/c1-30(2,18-23-14-15-24-9-6-7-10-25(24)17-23)31-19-29(34)28-21-37-22-32(28)20-26-11-8-16-33(26)38(35,36)27-12-4-3-5-13-27/h3-17,28-29,31,34H,18-22H2,1-2H3. The smallest absolute Gasteiger partial charge is 0.267 e. The largest absolute Gasteiger partial charge is 0.390 e. The first-order chi connectivity index (χ1) is 18.2. The van der Waals surface area contributed by atoms with Gasteiger partial charge < -0.3 is 10.4 Å². The minimum Gasteiger partial charge on any atom is -0.390 e. The molecule has 2 heterocycles. The monoisotopic (exact) mass is 549 g/mol. The van der Waals surface area contributed by atoms with Crippen molar-refractivity contribution in [3.05, 3.63) is 102 Å². The molecule has 0 aliphatic carbocycles. The second kappa shape index (κ2) is 11.2. The Bertz CT molecular complexity index is 1480. The second-order valence-corrected chi connectivity index (χ2v) is 13.4. The number of aliphatic hydroxyl groups excluding tert-OH is 1. The summed E-state index contributed by atoms with van der Waals surface area (Å²) in [4.78, 5) is 2.45. The van der Waals surface area contributed by atoms with Crippen molar-refractivity contribution in [1.29, 1.82) is 0 Å². The van der Waals surface area contributed by atoms with E-state index in [9.17, 15) is 13.5 Å². The third-order valence-electron chi connectivity index (χ3n) is 7.17. The van der Waals surface area contributed by atoms with E-state index in [2.05, 4.69) is 66.5 Å². The molecule has 8 heteroatoms. The Kier molecular flexibility index (Phi) is 7.98. The predicted molar refractivity (Wildman–Crippen MR) is 156 cm³/mol. The summed E-state index contributed by atoms with van der Waals surface area (Å²) >= 11 is 1.77. The van der Waals surface area contributed by atoms with Gasteiger partial charge in [0.1, 0.15) is 0 Å². The molecule has 0 radical (unpaired) electrons. The third-order valence-corrected chi connectivity index (χ3v) is 10.0. The molecule has 0 saturated carbocycles. The van der Waals surface area contributed by atoms with Gasteiger partial charge >= 0.3 is 0 Å². The molecular formula is C30H35N3O3S2. The zero-order chi connectivity index (χ0) is 26.8. The van der Waals surface area contributed by atoms with Crippen LogP contribution in [0.1, 0.15) is 25.1 Å². The van der Waals surface area contributed by atoms with Crippen LogP contribution in [0.15, 0.2) is 96.0 Å². The van der Waals surface area contributed by atoms with Crippen molar-refractivity contribution in [1.82, 2.24) is 14.2 Å². The highest BCUT2D eigenvalue weighted by molar-refractivity contribution is 7.99. The number of thioether (sulfide) groups is 1. The zero-order valence-electron chi connectivity index (χ0n) is 21.8. The highest BCUT2D eigenvalue weighted by Crippen LogP contribution is 2.27. The molecule has 3 aromatic carbocycles. The van der Waals surface area contributed by atoms with E-state index in [0.29, 0.717) is 18.8 Å². The van der Waals surface area contributed by atoms with Crippen LogP contribution in [0.5, 0.6) is 0 Å². The molecule has 6 nitrogen and oxygen atoms in total. The van der Waals surface area contributed by atoms with Gasteiger partial charge in [0, 0.05) is 48.2 Å². The number of nitrogens with one attached hydrogen (secondary N) is 1. The summed E-state index contributed by atoms with van der Waals surface area (Å²) in [5, 5.41) is 17.2. The lowest BCUT2D eigenvalue weighted by Gasteiger charge is -2.32. The van der Waals surface area contributed by atoms with Crippen LogP contribution in [-0.2, 0) is 23.0 Å². The first-order valence-electron chi connectivity index (χ1n) is 12.9. The molecule has 5 rings (SSSR count). The van der Waals surface area contributed by atoms with Crippen LogP contribution in [0, 0.1) is 0 Å². The molecule has 0 bridgehead atoms. The van der Waals surface area contributed by atoms with Crippen molar-refractivity contribution in [3.63, 3.8) is 0 Å². The summed E-state index contributed by atoms with van der Waals surface area (Å²) in [6.45, 7) is 5.24. The Hall–Kier alpha value is -2.62. The van der Waals surface area contributed by atoms with Crippen LogP contribution in [0.2, 0.25) is 0 Å². The predicted octanol–water partition coefficient (Wildman–Crippen LogP) is 4.73. The number of benzene rings is 3. The van der Waals surface area contributed by atoms with Gasteiger partial charge in [0.25, 0.3) is 10.0 Å². The summed E-state index contributed by atoms with van der Waals surface area (Å²) in [6.07, 6.45) is 1.87. The lowest BCUT2D eigenvalue weighted by molar-refractivity contribution is 0.0678. The Balaban J connectivity index is 1.22. The Labute approximate surface area is 229 Å². The van der Waals surface area contributed by atoms with Crippen molar-refractivity contribution in [2.45, 2.75) is 49.4 Å². The lowest BCUT2D eigenvalue weighted by atomic mass is 9.93. The van der Waals surface area contributed by atoms with E-state index in [4.69, 9.17) is 0 Å². The van der Waals surface area contributed by atoms with E-state index in [-0.39, 0.29) is 16.5 Å². The van der Waals surface area contributed by atoms with Gasteiger partial charge in [-0.15, -0.1) is 11.8 Å². The number of nitrogens with zero attached hydrogens (tertiary/aromatic N) is 2. The molecule has 1 saturated heterocycles. The third kappa shape index (κ3) is 6.00. The summed E-state index contributed by atoms with van der Waals surface area (Å²) in [6, 6.07) is 27.0. The quantitative estimate of drug-likeness (QED) is 0.298. The van der Waals surface area contributed by atoms with E-state index < -0.39 is 16.1 Å². The number of hydrogen-bond acceptors (Lipinski definition) is 6. The molecule has 1 aromatic heterocycles. The number of aromatic nitrogens is 1. The highest BCUT2D eigenvalue weighted by atomic mass is 32.2. The minimum absolute atomic E-state index is 0.0632. The fourth-order valence-corrected chi connectivity index (χ4v) is 7.80. The van der Waals surface area contributed by atoms with Gasteiger partial charge in [-0.2, -0.15) is 0 Å². The summed E-state index contributed by atoms with van der Waals surface area (Å²) in [5.74, 6) is 1.55. The summed E-state index contributed by atoms with van der Waals surface area (Å²) in [5.41, 5.74) is 1.76. The topological polar surface area (TPSA) is 74.6 Å². The van der Waals surface area contributed by atoms with Crippen LogP contribution in [0.3, 0.4) is 0 Å². The Morgan fingerprint density at radius 1 is 1.00 bits per heavy atom. The van der Waals surface area contributed by atoms with Crippen molar-refractivity contribution in [2.24, 2.45) is 0 Å². The fourth-order valence-electron chi connectivity index (χ4n) is 5.12. The first kappa shape index (κ1) is 27.0. The average molecular weight is 550 g/mol. The molecule has 1 aliphatic rings. The van der Waals surface area contributed by atoms with Crippen LogP contribution in [-0.4, -0.2) is 58.3 Å². The normalized spacial score (nSPS) is 17.7. The molecule has 4 aromatic rings. The van der Waals surface area contributed by atoms with E-state index in [1.54, 1.807) is 54.4 Å². The Morgan fingerprint density at radius 3 is 2.53 bits per heavy atom. The van der Waals surface area contributed by atoms with E-state index in [0.717, 1.165) is 18.1 Å². The van der Waals surface area contributed by atoms with E-state index >= 15 is 0 Å². The van der Waals surface area contributed by atoms with Gasteiger partial charge in [-0.25, -0.2) is 12.4 Å². The number of fused-ring (bicyclic) bond motifs is 1. The number of rotatable bonds is 10. The van der Waals surface area contributed by atoms with Crippen LogP contribution < -0.4 is 5.32 Å². The number of hydrogen-bond donors (Lipinski definition) is 2. The highest BCUT2D eigenvalue weighted by Gasteiger charge is 2.33. The van der Waals surface area contributed by atoms with E-state index in [1.807, 2.05) is 6.07 Å². The van der Waals surface area contributed by atoms with Gasteiger partial charge in [0.15, 0.2) is 0 Å². The summed E-state index contributed by atoms with van der Waals surface area (Å²) in [7, 11) is -3.67. The molecule has 0 spiro atoms. The zero-order valence-corrected chi connectivity index (χ0v) is 23.5.